The van der Waals surface area contributed by atoms with E-state index >= 15 is 0 Å². The average Bonchev–Trinajstić information content (AvgIpc) is 0.918. The summed E-state index contributed by atoms with van der Waals surface area (Å²) in [5.74, 6) is 0. The van der Waals surface area contributed by atoms with Gasteiger partial charge in [-0.2, -0.15) is 0 Å². The van der Waals surface area contributed by atoms with Crippen LogP contribution in [0, 0.1) is 0 Å². The first-order valence-electron chi connectivity index (χ1n) is 0.309. The third-order valence-corrected chi connectivity index (χ3v) is 0. The van der Waals surface area contributed by atoms with Crippen LogP contribution in [0.3, 0.4) is 0 Å². The van der Waals surface area contributed by atoms with Crippen molar-refractivity contribution in [1.82, 2.24) is 0 Å². The van der Waals surface area contributed by atoms with Crippen molar-refractivity contribution in [3.05, 3.63) is 0 Å². The minimum atomic E-state index is -1.44. The number of hydrogen-bond donors (Lipinski definition) is 0. The Balaban J connectivity index is -0.0000000200. The van der Waals surface area contributed by atoms with Crippen molar-refractivity contribution in [2.45, 2.75) is 0 Å². The van der Waals surface area contributed by atoms with Crippen LogP contribution in [0.15, 0.2) is 0 Å². The quantitative estimate of drug-likeness (QED) is 0.427. The third-order valence-electron chi connectivity index (χ3n) is 0. The molecule has 0 aliphatic rings. The SMILES string of the molecule is O.[Ni].[O]=[Mn]=[O]. The first-order valence-corrected chi connectivity index (χ1v) is 1.27. The van der Waals surface area contributed by atoms with Crippen LogP contribution in [0.2, 0.25) is 0 Å². The topological polar surface area (TPSA) is 65.6 Å². The van der Waals surface area contributed by atoms with Crippen LogP contribution in [-0.4, -0.2) is 5.48 Å². The summed E-state index contributed by atoms with van der Waals surface area (Å²) in [7, 11) is 0. The zero-order valence-electron chi connectivity index (χ0n) is 2.01. The molecule has 0 aliphatic carbocycles. The molecule has 0 aliphatic heterocycles. The fourth-order valence-corrected chi connectivity index (χ4v) is 0. The molecule has 5 heavy (non-hydrogen) atoms. The van der Waals surface area contributed by atoms with E-state index < -0.39 is 14.8 Å². The van der Waals surface area contributed by atoms with Gasteiger partial charge in [0.25, 0.3) is 0 Å². The Morgan fingerprint density at radius 1 is 1.20 bits per heavy atom. The van der Waals surface area contributed by atoms with Crippen molar-refractivity contribution in [3.63, 3.8) is 0 Å². The standard InChI is InChI=1S/Mn.Ni.H2O.2O/h;;1H2;;. The molecule has 0 saturated heterocycles. The molecule has 5 heteroatoms. The van der Waals surface area contributed by atoms with E-state index in [-0.39, 0.29) is 22.0 Å². The van der Waals surface area contributed by atoms with Gasteiger partial charge in [-0.25, -0.2) is 0 Å². The van der Waals surface area contributed by atoms with Gasteiger partial charge in [0.15, 0.2) is 0 Å². The van der Waals surface area contributed by atoms with Crippen molar-refractivity contribution in [1.29, 1.82) is 0 Å². The summed E-state index contributed by atoms with van der Waals surface area (Å²) in [5.41, 5.74) is 0. The van der Waals surface area contributed by atoms with Gasteiger partial charge >= 0.3 is 22.5 Å². The third kappa shape index (κ3) is 92.2. The van der Waals surface area contributed by atoms with Crippen molar-refractivity contribution >= 4 is 0 Å². The normalized spacial score (nSPS) is 2.40. The summed E-state index contributed by atoms with van der Waals surface area (Å²) in [6, 6.07) is 0. The summed E-state index contributed by atoms with van der Waals surface area (Å²) in [6.07, 6.45) is 0. The van der Waals surface area contributed by atoms with Crippen LogP contribution in [0.5, 0.6) is 0 Å². The number of hydrogen-bond acceptors (Lipinski definition) is 2. The molecule has 0 atom stereocenters. The summed E-state index contributed by atoms with van der Waals surface area (Å²) >= 11 is -1.44. The second kappa shape index (κ2) is 23.6. The average molecular weight is 164 g/mol. The first kappa shape index (κ1) is 17.6. The molecular weight excluding hydrogens is 162 g/mol. The Morgan fingerprint density at radius 2 is 1.20 bits per heavy atom. The van der Waals surface area contributed by atoms with Gasteiger partial charge in [0.05, 0.1) is 0 Å². The molecule has 2 N–H and O–H groups in total. The van der Waals surface area contributed by atoms with E-state index in [0.29, 0.717) is 0 Å². The summed E-state index contributed by atoms with van der Waals surface area (Å²) in [5, 5.41) is 0. The van der Waals surface area contributed by atoms with Gasteiger partial charge in [-0.3, -0.25) is 0 Å². The van der Waals surface area contributed by atoms with E-state index in [0.717, 1.165) is 0 Å². The second-order valence-electron chi connectivity index (χ2n) is 0.0630. The van der Waals surface area contributed by atoms with Crippen molar-refractivity contribution < 1.29 is 44.5 Å². The Bertz CT molecular complexity index is 27.9. The molecule has 0 saturated carbocycles. The molecule has 0 aromatic rings. The molecule has 0 unspecified atom stereocenters. The van der Waals surface area contributed by atoms with Crippen molar-refractivity contribution in [2.24, 2.45) is 0 Å². The molecule has 0 aromatic carbocycles. The Kier molecular flexibility index (Phi) is 83.1. The molecule has 0 amide bonds. The molecule has 0 radical (unpaired) electrons. The van der Waals surface area contributed by atoms with Crippen LogP contribution in [0.25, 0.3) is 0 Å². The maximum absolute atomic E-state index is 8.41. The summed E-state index contributed by atoms with van der Waals surface area (Å²) in [6.45, 7) is 0. The second-order valence-corrected chi connectivity index (χ2v) is 0.260. The minimum absolute atomic E-state index is 0. The van der Waals surface area contributed by atoms with Crippen molar-refractivity contribution in [3.8, 4) is 0 Å². The van der Waals surface area contributed by atoms with Crippen molar-refractivity contribution in [2.75, 3.05) is 0 Å². The van der Waals surface area contributed by atoms with Crippen LogP contribution < -0.4 is 0 Å². The van der Waals surface area contributed by atoms with Gasteiger partial charge in [-0.05, 0) is 0 Å². The predicted molar refractivity (Wildman–Crippen MR) is 4.99 cm³/mol. The molecule has 0 fully saturated rings. The monoisotopic (exact) mass is 163 g/mol. The molecule has 0 rings (SSSR count). The molecule has 0 spiro atoms. The van der Waals surface area contributed by atoms with E-state index in [1.54, 1.807) is 0 Å². The van der Waals surface area contributed by atoms with E-state index in [4.69, 9.17) is 7.67 Å². The molecular formula is H2MnNiO3. The molecule has 3 nitrogen and oxygen atoms in total. The van der Waals surface area contributed by atoms with Crippen LogP contribution in [0.1, 0.15) is 0 Å². The summed E-state index contributed by atoms with van der Waals surface area (Å²) < 4.78 is 16.8. The van der Waals surface area contributed by atoms with Gasteiger partial charge in [0, 0.05) is 16.5 Å². The molecule has 37 valence electrons. The van der Waals surface area contributed by atoms with Crippen LogP contribution >= 0.6 is 0 Å². The maximum atomic E-state index is 8.41. The van der Waals surface area contributed by atoms with E-state index in [2.05, 4.69) is 0 Å². The predicted octanol–water partition coefficient (Wildman–Crippen LogP) is -1.07. The zero-order valence-corrected chi connectivity index (χ0v) is 4.18. The van der Waals surface area contributed by atoms with Gasteiger partial charge < -0.3 is 5.48 Å². The molecule has 0 bridgehead atoms. The number of rotatable bonds is 0. The first-order chi connectivity index (χ1) is 1.41. The van der Waals surface area contributed by atoms with Gasteiger partial charge in [-0.1, -0.05) is 0 Å². The van der Waals surface area contributed by atoms with E-state index in [1.165, 1.54) is 0 Å². The van der Waals surface area contributed by atoms with E-state index in [1.807, 2.05) is 0 Å². The van der Waals surface area contributed by atoms with Gasteiger partial charge in [0.1, 0.15) is 0 Å². The van der Waals surface area contributed by atoms with Crippen LogP contribution in [0.4, 0.5) is 0 Å². The molecule has 0 heterocycles. The van der Waals surface area contributed by atoms with E-state index in [9.17, 15) is 0 Å². The Hall–Kier alpha value is 0.573. The van der Waals surface area contributed by atoms with Crippen LogP contribution in [-0.2, 0) is 39.0 Å². The molecule has 0 aromatic heterocycles. The fraction of sp³-hybridized carbons (Fsp3) is 0. The fourth-order valence-electron chi connectivity index (χ4n) is 0. The Morgan fingerprint density at radius 3 is 1.20 bits per heavy atom. The van der Waals surface area contributed by atoms with Gasteiger partial charge in [-0.15, -0.1) is 0 Å². The Labute approximate surface area is 44.9 Å². The van der Waals surface area contributed by atoms with Gasteiger partial charge in [0.2, 0.25) is 0 Å². The zero-order chi connectivity index (χ0) is 2.71. The summed E-state index contributed by atoms with van der Waals surface area (Å²) in [4.78, 5) is 0.